The van der Waals surface area contributed by atoms with E-state index in [1.54, 1.807) is 0 Å². The minimum atomic E-state index is 0.438. The van der Waals surface area contributed by atoms with Crippen molar-refractivity contribution in [2.24, 2.45) is 11.8 Å². The molecule has 3 nitrogen and oxygen atoms in total. The molecule has 3 rings (SSSR count). The number of aromatic amines is 1. The van der Waals surface area contributed by atoms with Gasteiger partial charge in [0.15, 0.2) is 5.82 Å². The van der Waals surface area contributed by atoms with Crippen LogP contribution in [0, 0.1) is 11.8 Å². The van der Waals surface area contributed by atoms with Crippen LogP contribution >= 0.6 is 11.6 Å². The van der Waals surface area contributed by atoms with Gasteiger partial charge in [0.2, 0.25) is 0 Å². The first-order valence-corrected chi connectivity index (χ1v) is 5.87. The quantitative estimate of drug-likeness (QED) is 0.764. The third-order valence-electron chi connectivity index (χ3n) is 3.75. The summed E-state index contributed by atoms with van der Waals surface area (Å²) in [5.74, 6) is 4.66. The fraction of sp³-hybridized carbons (Fsp3) is 0.800. The van der Waals surface area contributed by atoms with Gasteiger partial charge in [0.25, 0.3) is 0 Å². The van der Waals surface area contributed by atoms with E-state index in [2.05, 4.69) is 15.2 Å². The molecule has 2 saturated carbocycles. The lowest BCUT2D eigenvalue weighted by atomic mass is 9.88. The highest BCUT2D eigenvalue weighted by Gasteiger charge is 2.41. The molecule has 14 heavy (non-hydrogen) atoms. The summed E-state index contributed by atoms with van der Waals surface area (Å²) < 4.78 is 0. The van der Waals surface area contributed by atoms with E-state index in [-0.39, 0.29) is 0 Å². The predicted molar refractivity (Wildman–Crippen MR) is 54.1 cm³/mol. The normalized spacial score (nSPS) is 35.4. The summed E-state index contributed by atoms with van der Waals surface area (Å²) in [5.41, 5.74) is 0. The number of H-pyrrole nitrogens is 1. The lowest BCUT2D eigenvalue weighted by Gasteiger charge is -2.17. The minimum Gasteiger partial charge on any atom is -0.262 e. The predicted octanol–water partition coefficient (Wildman–Crippen LogP) is 2.45. The molecule has 1 aromatic heterocycles. The molecule has 1 aromatic rings. The first-order valence-electron chi connectivity index (χ1n) is 5.34. The van der Waals surface area contributed by atoms with Crippen LogP contribution in [-0.4, -0.2) is 15.2 Å². The Hall–Kier alpha value is -0.570. The number of nitrogens with one attached hydrogen (secondary N) is 1. The average Bonchev–Trinajstić information content (AvgIpc) is 2.93. The Balaban J connectivity index is 1.82. The van der Waals surface area contributed by atoms with Crippen molar-refractivity contribution in [2.45, 2.75) is 37.5 Å². The molecule has 4 heteroatoms. The van der Waals surface area contributed by atoms with Crippen LogP contribution in [0.2, 0.25) is 0 Å². The third-order valence-corrected chi connectivity index (χ3v) is 4.00. The molecule has 0 spiro atoms. The van der Waals surface area contributed by atoms with Crippen LogP contribution in [0.15, 0.2) is 0 Å². The molecule has 0 aliphatic heterocycles. The SMILES string of the molecule is ClCc1nc(C2CC3CCC2C3)n[nH]1. The van der Waals surface area contributed by atoms with E-state index in [1.165, 1.54) is 25.7 Å². The van der Waals surface area contributed by atoms with Crippen molar-refractivity contribution in [1.82, 2.24) is 15.2 Å². The van der Waals surface area contributed by atoms with Crippen LogP contribution in [0.25, 0.3) is 0 Å². The zero-order chi connectivity index (χ0) is 9.54. The number of rotatable bonds is 2. The molecule has 0 aromatic carbocycles. The number of nitrogens with zero attached hydrogens (tertiary/aromatic N) is 2. The summed E-state index contributed by atoms with van der Waals surface area (Å²) in [7, 11) is 0. The molecule has 1 heterocycles. The summed E-state index contributed by atoms with van der Waals surface area (Å²) in [6.07, 6.45) is 5.49. The van der Waals surface area contributed by atoms with E-state index >= 15 is 0 Å². The highest BCUT2D eigenvalue weighted by Crippen LogP contribution is 2.51. The molecule has 3 unspecified atom stereocenters. The second-order valence-corrected chi connectivity index (χ2v) is 4.82. The van der Waals surface area contributed by atoms with Crippen molar-refractivity contribution in [3.8, 4) is 0 Å². The van der Waals surface area contributed by atoms with Gasteiger partial charge in [-0.25, -0.2) is 4.98 Å². The van der Waals surface area contributed by atoms with E-state index in [9.17, 15) is 0 Å². The molecule has 0 radical (unpaired) electrons. The van der Waals surface area contributed by atoms with E-state index < -0.39 is 0 Å². The Morgan fingerprint density at radius 1 is 1.36 bits per heavy atom. The monoisotopic (exact) mass is 211 g/mol. The second kappa shape index (κ2) is 3.23. The number of alkyl halides is 1. The van der Waals surface area contributed by atoms with E-state index in [4.69, 9.17) is 11.6 Å². The third kappa shape index (κ3) is 1.26. The molecule has 3 atom stereocenters. The fourth-order valence-electron chi connectivity index (χ4n) is 3.10. The van der Waals surface area contributed by atoms with Crippen molar-refractivity contribution >= 4 is 11.6 Å². The Bertz CT molecular complexity index is 336. The maximum atomic E-state index is 5.69. The largest absolute Gasteiger partial charge is 0.262 e. The number of aromatic nitrogens is 3. The molecule has 2 bridgehead atoms. The maximum absolute atomic E-state index is 5.69. The number of hydrogen-bond acceptors (Lipinski definition) is 2. The Kier molecular flexibility index (Phi) is 2.01. The standard InChI is InChI=1S/C10H14ClN3/c11-5-9-12-10(14-13-9)8-4-6-1-2-7(8)3-6/h6-8H,1-5H2,(H,12,13,14). The van der Waals surface area contributed by atoms with Crippen LogP contribution < -0.4 is 0 Å². The molecule has 2 aliphatic rings. The van der Waals surface area contributed by atoms with E-state index in [0.717, 1.165) is 23.5 Å². The highest BCUT2D eigenvalue weighted by atomic mass is 35.5. The number of halogens is 1. The van der Waals surface area contributed by atoms with Gasteiger partial charge in [0, 0.05) is 5.92 Å². The lowest BCUT2D eigenvalue weighted by molar-refractivity contribution is 0.406. The van der Waals surface area contributed by atoms with E-state index in [1.807, 2.05) is 0 Å². The van der Waals surface area contributed by atoms with Crippen molar-refractivity contribution in [3.05, 3.63) is 11.6 Å². The smallest absolute Gasteiger partial charge is 0.154 e. The van der Waals surface area contributed by atoms with Crippen molar-refractivity contribution in [1.29, 1.82) is 0 Å². The summed E-state index contributed by atoms with van der Waals surface area (Å²) in [5, 5.41) is 7.17. The van der Waals surface area contributed by atoms with E-state index in [0.29, 0.717) is 11.8 Å². The van der Waals surface area contributed by atoms with Gasteiger partial charge < -0.3 is 0 Å². The second-order valence-electron chi connectivity index (χ2n) is 4.56. The van der Waals surface area contributed by atoms with Gasteiger partial charge in [-0.3, -0.25) is 5.10 Å². The summed E-state index contributed by atoms with van der Waals surface area (Å²) in [4.78, 5) is 4.43. The molecular formula is C10H14ClN3. The first-order chi connectivity index (χ1) is 6.86. The molecule has 0 saturated heterocycles. The number of fused-ring (bicyclic) bond motifs is 2. The maximum Gasteiger partial charge on any atom is 0.154 e. The Morgan fingerprint density at radius 2 is 2.29 bits per heavy atom. The van der Waals surface area contributed by atoms with Gasteiger partial charge in [0.1, 0.15) is 5.82 Å². The van der Waals surface area contributed by atoms with Gasteiger partial charge in [-0.05, 0) is 31.1 Å². The summed E-state index contributed by atoms with van der Waals surface area (Å²) in [6.45, 7) is 0. The van der Waals surface area contributed by atoms with Gasteiger partial charge in [-0.15, -0.1) is 11.6 Å². The fourth-order valence-corrected chi connectivity index (χ4v) is 3.22. The van der Waals surface area contributed by atoms with Gasteiger partial charge >= 0.3 is 0 Å². The van der Waals surface area contributed by atoms with Crippen LogP contribution in [-0.2, 0) is 5.88 Å². The van der Waals surface area contributed by atoms with Crippen LogP contribution in [0.5, 0.6) is 0 Å². The van der Waals surface area contributed by atoms with Gasteiger partial charge in [-0.1, -0.05) is 6.42 Å². The Labute approximate surface area is 88.3 Å². The minimum absolute atomic E-state index is 0.438. The molecule has 1 N–H and O–H groups in total. The van der Waals surface area contributed by atoms with Crippen molar-refractivity contribution < 1.29 is 0 Å². The highest BCUT2D eigenvalue weighted by molar-refractivity contribution is 6.16. The van der Waals surface area contributed by atoms with Crippen LogP contribution in [0.1, 0.15) is 43.3 Å². The Morgan fingerprint density at radius 3 is 2.86 bits per heavy atom. The van der Waals surface area contributed by atoms with Gasteiger partial charge in [0.05, 0.1) is 5.88 Å². The molecule has 76 valence electrons. The number of hydrogen-bond donors (Lipinski definition) is 1. The molecule has 2 aliphatic carbocycles. The molecule has 2 fully saturated rings. The van der Waals surface area contributed by atoms with Crippen molar-refractivity contribution in [3.63, 3.8) is 0 Å². The first kappa shape index (κ1) is 8.72. The summed E-state index contributed by atoms with van der Waals surface area (Å²) >= 11 is 5.69. The van der Waals surface area contributed by atoms with Crippen LogP contribution in [0.4, 0.5) is 0 Å². The zero-order valence-corrected chi connectivity index (χ0v) is 8.80. The van der Waals surface area contributed by atoms with Gasteiger partial charge in [-0.2, -0.15) is 5.10 Å². The zero-order valence-electron chi connectivity index (χ0n) is 8.04. The lowest BCUT2D eigenvalue weighted by Crippen LogP contribution is -2.10. The van der Waals surface area contributed by atoms with Crippen LogP contribution in [0.3, 0.4) is 0 Å². The molecule has 0 amide bonds. The summed E-state index contributed by atoms with van der Waals surface area (Å²) in [6, 6.07) is 0. The topological polar surface area (TPSA) is 41.6 Å². The molecular weight excluding hydrogens is 198 g/mol. The van der Waals surface area contributed by atoms with Crippen molar-refractivity contribution in [2.75, 3.05) is 0 Å². The average molecular weight is 212 g/mol.